The molecule has 0 radical (unpaired) electrons. The van der Waals surface area contributed by atoms with Crippen LogP contribution in [0.25, 0.3) is 11.2 Å². The molecule has 0 unspecified atom stereocenters. The third kappa shape index (κ3) is 5.22. The average Bonchev–Trinajstić information content (AvgIpc) is 3.31. The molecule has 4 N–H and O–H groups in total. The van der Waals surface area contributed by atoms with Crippen LogP contribution in [0.5, 0.6) is 0 Å². The summed E-state index contributed by atoms with van der Waals surface area (Å²) < 4.78 is 26.8. The van der Waals surface area contributed by atoms with Crippen molar-refractivity contribution in [2.24, 2.45) is 4.74 Å². The van der Waals surface area contributed by atoms with Gasteiger partial charge in [0, 0.05) is 18.5 Å². The number of hydrogen-bond donors (Lipinski definition) is 3. The van der Waals surface area contributed by atoms with Gasteiger partial charge in [-0.1, -0.05) is 0 Å². The Hall–Kier alpha value is -1.66. The van der Waals surface area contributed by atoms with Gasteiger partial charge in [0.05, 0.1) is 32.3 Å². The first-order chi connectivity index (χ1) is 15.7. The van der Waals surface area contributed by atoms with Gasteiger partial charge in [-0.05, 0) is 41.5 Å². The average molecular weight is 486 g/mol. The lowest BCUT2D eigenvalue weighted by atomic mass is 10.2. The fraction of sp³-hybridized carbons (Fsp3) is 0.750. The van der Waals surface area contributed by atoms with E-state index in [4.69, 9.17) is 24.3 Å². The van der Waals surface area contributed by atoms with Crippen molar-refractivity contribution in [1.29, 1.82) is 0 Å². The molecule has 3 atom stereocenters. The molecule has 2 aromatic rings. The summed E-state index contributed by atoms with van der Waals surface area (Å²) in [4.78, 5) is 13.3. The van der Waals surface area contributed by atoms with Gasteiger partial charge in [0.1, 0.15) is 17.8 Å². The zero-order valence-corrected chi connectivity index (χ0v) is 21.0. The second kappa shape index (κ2) is 10.7. The molecule has 1 fully saturated rings. The molecule has 2 aromatic heterocycles. The highest BCUT2D eigenvalue weighted by Gasteiger charge is 2.37. The van der Waals surface area contributed by atoms with Crippen LogP contribution in [0.3, 0.4) is 0 Å². The van der Waals surface area contributed by atoms with Crippen LogP contribution in [-0.4, -0.2) is 78.5 Å². The lowest BCUT2D eigenvalue weighted by Crippen LogP contribution is -2.35. The van der Waals surface area contributed by atoms with Crippen molar-refractivity contribution in [3.8, 4) is 0 Å². The number of nitrogens with two attached hydrogens (primary N) is 1. The lowest BCUT2D eigenvalue weighted by Gasteiger charge is -2.39. The molecule has 0 aromatic carbocycles. The maximum Gasteiger partial charge on any atom is 0.298 e. The van der Waals surface area contributed by atoms with E-state index in [0.29, 0.717) is 24.4 Å². The van der Waals surface area contributed by atoms with Gasteiger partial charge in [0.2, 0.25) is 0 Å². The molecule has 3 rings (SSSR count). The summed E-state index contributed by atoms with van der Waals surface area (Å²) >= 11 is 0. The molecule has 1 aliphatic heterocycles. The number of hydrogen-bond acceptors (Lipinski definition) is 10. The number of nitrogens with zero attached hydrogens (tertiary/aromatic N) is 6. The Balaban J connectivity index is 2.16. The van der Waals surface area contributed by atoms with Crippen molar-refractivity contribution in [1.82, 2.24) is 24.2 Å². The van der Waals surface area contributed by atoms with E-state index < -0.39 is 26.1 Å². The fourth-order valence-corrected chi connectivity index (χ4v) is 6.86. The SMILES string of the molecule is CCOP(=Nc1nc(N)c2ncn([C@H]3C[C@H](O)[C@@H](CO)O3)c2n1)(OCC)N(C(C)C)C(C)C. The number of aliphatic hydroxyl groups excluding tert-OH is 2. The van der Waals surface area contributed by atoms with Gasteiger partial charge in [-0.2, -0.15) is 14.7 Å². The standard InChI is InChI=1S/C20H36N7O5P/c1-7-30-33(31-8-2,27(12(3)4)13(5)6)25-20-23-18(21)17-19(24-20)26(11-22-17)16-9-14(29)15(10-28)32-16/h11-16,28-29H,7-10H2,1-6H3,(H2,21,23,24)/t14-,15+,16+/m0/s1. The summed E-state index contributed by atoms with van der Waals surface area (Å²) in [5.74, 6) is 0.294. The van der Waals surface area contributed by atoms with E-state index in [1.54, 1.807) is 10.9 Å². The van der Waals surface area contributed by atoms with Gasteiger partial charge < -0.3 is 29.7 Å². The maximum atomic E-state index is 10.1. The topological polar surface area (TPSA) is 153 Å². The Morgan fingerprint density at radius 2 is 1.88 bits per heavy atom. The number of aromatic nitrogens is 4. The lowest BCUT2D eigenvalue weighted by molar-refractivity contribution is -0.0432. The largest absolute Gasteiger partial charge is 0.394 e. The molecule has 0 spiro atoms. The molecule has 1 saturated heterocycles. The number of imidazole rings is 1. The first-order valence-corrected chi connectivity index (χ1v) is 12.8. The Morgan fingerprint density at radius 1 is 1.24 bits per heavy atom. The van der Waals surface area contributed by atoms with Crippen LogP contribution in [0.15, 0.2) is 11.1 Å². The summed E-state index contributed by atoms with van der Waals surface area (Å²) in [7, 11) is -2.94. The number of anilines is 1. The highest BCUT2D eigenvalue weighted by atomic mass is 31.2. The third-order valence-electron chi connectivity index (χ3n) is 5.29. The van der Waals surface area contributed by atoms with E-state index in [-0.39, 0.29) is 36.9 Å². The minimum Gasteiger partial charge on any atom is -0.394 e. The second-order valence-electron chi connectivity index (χ2n) is 8.34. The monoisotopic (exact) mass is 485 g/mol. The minimum atomic E-state index is -2.94. The zero-order chi connectivity index (χ0) is 24.3. The summed E-state index contributed by atoms with van der Waals surface area (Å²) in [5, 5.41) is 19.6. The van der Waals surface area contributed by atoms with Crippen molar-refractivity contribution < 1.29 is 24.0 Å². The van der Waals surface area contributed by atoms with Gasteiger partial charge in [-0.25, -0.2) is 9.65 Å². The van der Waals surface area contributed by atoms with Crippen LogP contribution in [-0.2, 0) is 13.8 Å². The minimum absolute atomic E-state index is 0.0931. The first-order valence-electron chi connectivity index (χ1n) is 11.3. The molecule has 33 heavy (non-hydrogen) atoms. The number of rotatable bonds is 10. The molecular weight excluding hydrogens is 449 g/mol. The second-order valence-corrected chi connectivity index (χ2v) is 10.5. The Morgan fingerprint density at radius 3 is 2.39 bits per heavy atom. The first kappa shape index (κ1) is 26.0. The van der Waals surface area contributed by atoms with Gasteiger partial charge >= 0.3 is 0 Å². The molecular formula is C20H36N7O5P. The Bertz CT molecular complexity index is 981. The van der Waals surface area contributed by atoms with E-state index in [9.17, 15) is 10.2 Å². The zero-order valence-electron chi connectivity index (χ0n) is 20.1. The van der Waals surface area contributed by atoms with Crippen molar-refractivity contribution in [2.75, 3.05) is 25.6 Å². The molecule has 186 valence electrons. The van der Waals surface area contributed by atoms with Crippen LogP contribution in [0, 0.1) is 0 Å². The number of fused-ring (bicyclic) bond motifs is 1. The van der Waals surface area contributed by atoms with E-state index >= 15 is 0 Å². The summed E-state index contributed by atoms with van der Waals surface area (Å²) in [6.07, 6.45) is -0.183. The van der Waals surface area contributed by atoms with Crippen LogP contribution in [0.4, 0.5) is 11.8 Å². The summed E-state index contributed by atoms with van der Waals surface area (Å²) in [6.45, 7) is 12.6. The van der Waals surface area contributed by atoms with Crippen LogP contribution >= 0.6 is 7.66 Å². The van der Waals surface area contributed by atoms with Crippen molar-refractivity contribution >= 4 is 30.6 Å². The van der Waals surface area contributed by atoms with Gasteiger partial charge in [0.25, 0.3) is 13.6 Å². The van der Waals surface area contributed by atoms with Crippen molar-refractivity contribution in [2.45, 2.75) is 78.5 Å². The molecule has 0 amide bonds. The smallest absolute Gasteiger partial charge is 0.298 e. The van der Waals surface area contributed by atoms with E-state index in [2.05, 4.69) is 47.3 Å². The summed E-state index contributed by atoms with van der Waals surface area (Å²) in [6, 6.07) is 0.186. The molecule has 3 heterocycles. The Labute approximate surface area is 194 Å². The molecule has 0 bridgehead atoms. The van der Waals surface area contributed by atoms with E-state index in [0.717, 1.165) is 0 Å². The molecule has 0 aliphatic carbocycles. The van der Waals surface area contributed by atoms with Gasteiger partial charge in [-0.3, -0.25) is 4.57 Å². The maximum absolute atomic E-state index is 10.1. The number of aliphatic hydroxyl groups is 2. The highest BCUT2D eigenvalue weighted by molar-refractivity contribution is 7.54. The van der Waals surface area contributed by atoms with Crippen LogP contribution in [0.2, 0.25) is 0 Å². The van der Waals surface area contributed by atoms with Gasteiger partial charge in [0.15, 0.2) is 11.5 Å². The van der Waals surface area contributed by atoms with E-state index in [1.807, 2.05) is 13.8 Å². The highest BCUT2D eigenvalue weighted by Crippen LogP contribution is 2.59. The quantitative estimate of drug-likeness (QED) is 0.428. The van der Waals surface area contributed by atoms with Crippen molar-refractivity contribution in [3.63, 3.8) is 0 Å². The van der Waals surface area contributed by atoms with Crippen molar-refractivity contribution in [3.05, 3.63) is 6.33 Å². The van der Waals surface area contributed by atoms with Crippen LogP contribution < -0.4 is 5.73 Å². The number of nitrogen functional groups attached to an aromatic ring is 1. The Kier molecular flexibility index (Phi) is 8.44. The fourth-order valence-electron chi connectivity index (χ4n) is 4.14. The molecule has 0 saturated carbocycles. The number of ether oxygens (including phenoxy) is 1. The normalized spacial score (nSPS) is 21.7. The third-order valence-corrected chi connectivity index (χ3v) is 8.42. The molecule has 12 nitrogen and oxygen atoms in total. The summed E-state index contributed by atoms with van der Waals surface area (Å²) in [5.41, 5.74) is 7.04. The van der Waals surface area contributed by atoms with E-state index in [1.165, 1.54) is 0 Å². The predicted octanol–water partition coefficient (Wildman–Crippen LogP) is 2.82. The van der Waals surface area contributed by atoms with Crippen LogP contribution in [0.1, 0.15) is 54.2 Å². The molecule has 1 aliphatic rings. The van der Waals surface area contributed by atoms with Gasteiger partial charge in [-0.15, -0.1) is 0 Å². The molecule has 13 heteroatoms. The predicted molar refractivity (Wildman–Crippen MR) is 126 cm³/mol.